The minimum Gasteiger partial charge on any atom is -0.315 e. The Labute approximate surface area is 122 Å². The molecule has 0 spiro atoms. The Morgan fingerprint density at radius 3 is 2.35 bits per heavy atom. The van der Waals surface area contributed by atoms with Gasteiger partial charge in [0.25, 0.3) is 0 Å². The number of nitrogens with zero attached hydrogens (tertiary/aromatic N) is 1. The molecule has 0 aliphatic rings. The topological polar surface area (TPSA) is 37.4 Å². The smallest absolute Gasteiger partial charge is 0.227 e. The van der Waals surface area contributed by atoms with Gasteiger partial charge in [-0.05, 0) is 31.2 Å². The molecule has 3 nitrogen and oxygen atoms in total. The molecule has 1 heterocycles. The van der Waals surface area contributed by atoms with Gasteiger partial charge in [-0.25, -0.2) is 0 Å². The molecule has 104 valence electrons. The van der Waals surface area contributed by atoms with Gasteiger partial charge in [0.15, 0.2) is 5.78 Å². The van der Waals surface area contributed by atoms with Gasteiger partial charge in [-0.3, -0.25) is 9.59 Å². The molecule has 0 saturated heterocycles. The predicted octanol–water partition coefficient (Wildman–Crippen LogP) is 3.68. The number of aryl methyl sites for hydroxylation is 1. The second kappa shape index (κ2) is 6.48. The van der Waals surface area contributed by atoms with Crippen molar-refractivity contribution >= 4 is 28.7 Å². The summed E-state index contributed by atoms with van der Waals surface area (Å²) in [7, 11) is 1.73. The molecule has 0 aliphatic carbocycles. The van der Waals surface area contributed by atoms with Crippen LogP contribution in [0.3, 0.4) is 0 Å². The van der Waals surface area contributed by atoms with Crippen molar-refractivity contribution in [3.8, 4) is 0 Å². The van der Waals surface area contributed by atoms with Crippen LogP contribution in [0.5, 0.6) is 0 Å². The number of benzene rings is 1. The summed E-state index contributed by atoms with van der Waals surface area (Å²) >= 11 is 1.48. The number of thiophene rings is 1. The van der Waals surface area contributed by atoms with Crippen LogP contribution in [-0.2, 0) is 4.79 Å². The molecule has 1 aromatic heterocycles. The molecule has 0 unspecified atom stereocenters. The summed E-state index contributed by atoms with van der Waals surface area (Å²) in [5.74, 6) is -0.00394. The fourth-order valence-electron chi connectivity index (χ4n) is 1.89. The average molecular weight is 287 g/mol. The Morgan fingerprint density at radius 2 is 1.75 bits per heavy atom. The number of carbonyl (C=O) groups excluding carboxylic acids is 2. The molecule has 1 amide bonds. The molecular weight excluding hydrogens is 270 g/mol. The second-order valence-corrected chi connectivity index (χ2v) is 5.91. The monoisotopic (exact) mass is 287 g/mol. The number of hydrogen-bond donors (Lipinski definition) is 0. The van der Waals surface area contributed by atoms with Gasteiger partial charge in [0.2, 0.25) is 5.91 Å². The van der Waals surface area contributed by atoms with Crippen LogP contribution >= 0.6 is 11.3 Å². The maximum absolute atomic E-state index is 12.1. The van der Waals surface area contributed by atoms with E-state index in [1.54, 1.807) is 11.9 Å². The zero-order chi connectivity index (χ0) is 14.5. The molecule has 0 radical (unpaired) electrons. The lowest BCUT2D eigenvalue weighted by Gasteiger charge is -2.16. The van der Waals surface area contributed by atoms with E-state index in [2.05, 4.69) is 0 Å². The van der Waals surface area contributed by atoms with Crippen molar-refractivity contribution in [3.63, 3.8) is 0 Å². The van der Waals surface area contributed by atoms with Gasteiger partial charge < -0.3 is 4.90 Å². The SMILES string of the molecule is Cc1ccc(C(=O)CCC(=O)N(C)c2ccccc2)s1. The molecule has 2 aromatic rings. The number of anilines is 1. The minimum absolute atomic E-state index is 0.0397. The van der Waals surface area contributed by atoms with Crippen LogP contribution < -0.4 is 4.90 Å². The highest BCUT2D eigenvalue weighted by Crippen LogP contribution is 2.18. The zero-order valence-corrected chi connectivity index (χ0v) is 12.4. The summed E-state index contributed by atoms with van der Waals surface area (Å²) in [5.41, 5.74) is 0.844. The predicted molar refractivity (Wildman–Crippen MR) is 82.5 cm³/mol. The highest BCUT2D eigenvalue weighted by atomic mass is 32.1. The van der Waals surface area contributed by atoms with Gasteiger partial charge in [0.1, 0.15) is 0 Å². The fourth-order valence-corrected chi connectivity index (χ4v) is 2.73. The van der Waals surface area contributed by atoms with Gasteiger partial charge in [0, 0.05) is 30.5 Å². The van der Waals surface area contributed by atoms with Gasteiger partial charge in [-0.2, -0.15) is 0 Å². The molecular formula is C16H17NO2S. The first-order valence-corrected chi connectivity index (χ1v) is 7.31. The molecule has 2 rings (SSSR count). The second-order valence-electron chi connectivity index (χ2n) is 4.62. The van der Waals surface area contributed by atoms with Crippen molar-refractivity contribution in [2.45, 2.75) is 19.8 Å². The minimum atomic E-state index is -0.0437. The van der Waals surface area contributed by atoms with E-state index in [-0.39, 0.29) is 24.5 Å². The largest absolute Gasteiger partial charge is 0.315 e. The maximum Gasteiger partial charge on any atom is 0.227 e. The maximum atomic E-state index is 12.1. The number of carbonyl (C=O) groups is 2. The van der Waals surface area contributed by atoms with Gasteiger partial charge in [0.05, 0.1) is 4.88 Å². The van der Waals surface area contributed by atoms with Crippen molar-refractivity contribution < 1.29 is 9.59 Å². The number of rotatable bonds is 5. The summed E-state index contributed by atoms with van der Waals surface area (Å²) < 4.78 is 0. The van der Waals surface area contributed by atoms with Gasteiger partial charge in [-0.1, -0.05) is 18.2 Å². The summed E-state index contributed by atoms with van der Waals surface area (Å²) in [6.45, 7) is 1.97. The average Bonchev–Trinajstić information content (AvgIpc) is 2.91. The van der Waals surface area contributed by atoms with Crippen LogP contribution in [0.2, 0.25) is 0 Å². The van der Waals surface area contributed by atoms with Crippen LogP contribution in [0.25, 0.3) is 0 Å². The van der Waals surface area contributed by atoms with E-state index in [1.807, 2.05) is 49.4 Å². The van der Waals surface area contributed by atoms with E-state index in [1.165, 1.54) is 11.3 Å². The molecule has 0 N–H and O–H groups in total. The van der Waals surface area contributed by atoms with Crippen molar-refractivity contribution in [2.24, 2.45) is 0 Å². The van der Waals surface area contributed by atoms with Crippen molar-refractivity contribution in [3.05, 3.63) is 52.2 Å². The standard InChI is InChI=1S/C16H17NO2S/c1-12-8-10-15(20-12)14(18)9-11-16(19)17(2)13-6-4-3-5-7-13/h3-8,10H,9,11H2,1-2H3. The molecule has 0 aliphatic heterocycles. The lowest BCUT2D eigenvalue weighted by molar-refractivity contribution is -0.118. The summed E-state index contributed by atoms with van der Waals surface area (Å²) in [6.07, 6.45) is 0.497. The first-order chi connectivity index (χ1) is 9.58. The normalized spacial score (nSPS) is 10.3. The highest BCUT2D eigenvalue weighted by Gasteiger charge is 2.14. The van der Waals surface area contributed by atoms with E-state index in [9.17, 15) is 9.59 Å². The van der Waals surface area contributed by atoms with E-state index < -0.39 is 0 Å². The Morgan fingerprint density at radius 1 is 1.05 bits per heavy atom. The summed E-state index contributed by atoms with van der Waals surface area (Å²) in [4.78, 5) is 27.5. The Balaban J connectivity index is 1.91. The van der Waals surface area contributed by atoms with Gasteiger partial charge in [-0.15, -0.1) is 11.3 Å². The van der Waals surface area contributed by atoms with Crippen molar-refractivity contribution in [1.29, 1.82) is 0 Å². The van der Waals surface area contributed by atoms with Crippen molar-refractivity contribution in [2.75, 3.05) is 11.9 Å². The zero-order valence-electron chi connectivity index (χ0n) is 11.6. The lowest BCUT2D eigenvalue weighted by atomic mass is 10.1. The molecule has 1 aromatic carbocycles. The first kappa shape index (κ1) is 14.5. The molecule has 0 saturated carbocycles. The van der Waals surface area contributed by atoms with Gasteiger partial charge >= 0.3 is 0 Å². The molecule has 20 heavy (non-hydrogen) atoms. The fraction of sp³-hybridized carbons (Fsp3) is 0.250. The Kier molecular flexibility index (Phi) is 4.69. The lowest BCUT2D eigenvalue weighted by Crippen LogP contribution is -2.26. The first-order valence-electron chi connectivity index (χ1n) is 6.49. The molecule has 4 heteroatoms. The van der Waals surface area contributed by atoms with Crippen LogP contribution in [0, 0.1) is 6.92 Å². The summed E-state index contributed by atoms with van der Waals surface area (Å²) in [5, 5.41) is 0. The van der Waals surface area contributed by atoms with Crippen LogP contribution in [0.4, 0.5) is 5.69 Å². The third-order valence-electron chi connectivity index (χ3n) is 3.10. The van der Waals surface area contributed by atoms with E-state index >= 15 is 0 Å². The number of hydrogen-bond acceptors (Lipinski definition) is 3. The Hall–Kier alpha value is -1.94. The molecule has 0 atom stereocenters. The number of para-hydroxylation sites is 1. The quantitative estimate of drug-likeness (QED) is 0.787. The van der Waals surface area contributed by atoms with Crippen LogP contribution in [0.1, 0.15) is 27.4 Å². The number of ketones is 1. The Bertz CT molecular complexity index is 604. The number of amides is 1. The third kappa shape index (κ3) is 3.54. The number of Topliss-reactive ketones (excluding diaryl/α,β-unsaturated/α-hetero) is 1. The van der Waals surface area contributed by atoms with Crippen LogP contribution in [-0.4, -0.2) is 18.7 Å². The van der Waals surface area contributed by atoms with E-state index in [0.29, 0.717) is 0 Å². The van der Waals surface area contributed by atoms with E-state index in [4.69, 9.17) is 0 Å². The summed E-state index contributed by atoms with van der Waals surface area (Å²) in [6, 6.07) is 13.2. The highest BCUT2D eigenvalue weighted by molar-refractivity contribution is 7.14. The van der Waals surface area contributed by atoms with E-state index in [0.717, 1.165) is 15.4 Å². The molecule has 0 bridgehead atoms. The molecule has 0 fully saturated rings. The van der Waals surface area contributed by atoms with Crippen molar-refractivity contribution in [1.82, 2.24) is 0 Å². The third-order valence-corrected chi connectivity index (χ3v) is 4.14. The van der Waals surface area contributed by atoms with Crippen LogP contribution in [0.15, 0.2) is 42.5 Å².